The molecule has 1 unspecified atom stereocenters. The Balaban J connectivity index is 1.90. The van der Waals surface area contributed by atoms with Gasteiger partial charge in [-0.25, -0.2) is 0 Å². The minimum Gasteiger partial charge on any atom is -0.469 e. The standard InChI is InChI=1S/C11H18N2O3/c1-16-11(15)8-3-2-4-13(7-8)10(14)9-5-12-6-9/h8-9,12H,2-7H2,1H3. The van der Waals surface area contributed by atoms with Gasteiger partial charge in [-0.05, 0) is 12.8 Å². The summed E-state index contributed by atoms with van der Waals surface area (Å²) in [4.78, 5) is 25.2. The molecule has 0 aromatic rings. The van der Waals surface area contributed by atoms with E-state index in [1.807, 2.05) is 4.90 Å². The third-order valence-electron chi connectivity index (χ3n) is 3.40. The van der Waals surface area contributed by atoms with E-state index in [0.29, 0.717) is 6.54 Å². The van der Waals surface area contributed by atoms with Crippen LogP contribution in [0.4, 0.5) is 0 Å². The first-order chi connectivity index (χ1) is 7.72. The zero-order chi connectivity index (χ0) is 11.5. The molecule has 1 atom stereocenters. The van der Waals surface area contributed by atoms with Gasteiger partial charge < -0.3 is 15.0 Å². The maximum Gasteiger partial charge on any atom is 0.310 e. The number of rotatable bonds is 2. The van der Waals surface area contributed by atoms with Gasteiger partial charge in [0.05, 0.1) is 18.9 Å². The summed E-state index contributed by atoms with van der Waals surface area (Å²) in [5.74, 6) is -0.0104. The van der Waals surface area contributed by atoms with Crippen molar-refractivity contribution in [2.75, 3.05) is 33.3 Å². The zero-order valence-electron chi connectivity index (χ0n) is 9.57. The molecule has 90 valence electrons. The first-order valence-electron chi connectivity index (χ1n) is 5.79. The van der Waals surface area contributed by atoms with Gasteiger partial charge in [-0.2, -0.15) is 0 Å². The Morgan fingerprint density at radius 3 is 2.62 bits per heavy atom. The van der Waals surface area contributed by atoms with Crippen LogP contribution >= 0.6 is 0 Å². The first-order valence-corrected chi connectivity index (χ1v) is 5.79. The number of nitrogens with zero attached hydrogens (tertiary/aromatic N) is 1. The number of hydrogen-bond donors (Lipinski definition) is 1. The molecule has 2 aliphatic heterocycles. The Labute approximate surface area is 95.1 Å². The number of amides is 1. The third-order valence-corrected chi connectivity index (χ3v) is 3.40. The molecule has 1 amide bonds. The predicted molar refractivity (Wildman–Crippen MR) is 57.7 cm³/mol. The second-order valence-electron chi connectivity index (χ2n) is 4.50. The van der Waals surface area contributed by atoms with Crippen LogP contribution in [-0.2, 0) is 14.3 Å². The number of likely N-dealkylation sites (tertiary alicyclic amines) is 1. The van der Waals surface area contributed by atoms with Gasteiger partial charge >= 0.3 is 5.97 Å². The van der Waals surface area contributed by atoms with Crippen molar-refractivity contribution >= 4 is 11.9 Å². The summed E-state index contributed by atoms with van der Waals surface area (Å²) in [6.45, 7) is 2.86. The molecule has 0 radical (unpaired) electrons. The van der Waals surface area contributed by atoms with Gasteiger partial charge in [0.2, 0.25) is 5.91 Å². The average Bonchev–Trinajstić information content (AvgIpc) is 2.26. The van der Waals surface area contributed by atoms with E-state index < -0.39 is 0 Å². The molecule has 0 aromatic heterocycles. The van der Waals surface area contributed by atoms with Crippen LogP contribution in [0.5, 0.6) is 0 Å². The van der Waals surface area contributed by atoms with Gasteiger partial charge in [0, 0.05) is 26.2 Å². The number of piperidine rings is 1. The van der Waals surface area contributed by atoms with Crippen molar-refractivity contribution in [3.05, 3.63) is 0 Å². The molecule has 0 saturated carbocycles. The van der Waals surface area contributed by atoms with Crippen LogP contribution in [0.15, 0.2) is 0 Å². The summed E-state index contributed by atoms with van der Waals surface area (Å²) >= 11 is 0. The molecule has 0 aliphatic carbocycles. The van der Waals surface area contributed by atoms with E-state index in [1.54, 1.807) is 0 Å². The molecule has 2 saturated heterocycles. The molecule has 2 rings (SSSR count). The Hall–Kier alpha value is -1.10. The lowest BCUT2D eigenvalue weighted by atomic mass is 9.95. The third kappa shape index (κ3) is 2.19. The lowest BCUT2D eigenvalue weighted by Gasteiger charge is -2.36. The van der Waals surface area contributed by atoms with Crippen molar-refractivity contribution in [2.24, 2.45) is 11.8 Å². The van der Waals surface area contributed by atoms with Gasteiger partial charge in [0.1, 0.15) is 0 Å². The monoisotopic (exact) mass is 226 g/mol. The number of methoxy groups -OCH3 is 1. The molecule has 2 heterocycles. The van der Waals surface area contributed by atoms with Crippen molar-refractivity contribution in [1.82, 2.24) is 10.2 Å². The minimum atomic E-state index is -0.191. The van der Waals surface area contributed by atoms with Crippen LogP contribution in [0.3, 0.4) is 0 Å². The molecule has 16 heavy (non-hydrogen) atoms. The number of hydrogen-bond acceptors (Lipinski definition) is 4. The summed E-state index contributed by atoms with van der Waals surface area (Å²) in [6, 6.07) is 0. The highest BCUT2D eigenvalue weighted by molar-refractivity contribution is 5.81. The van der Waals surface area contributed by atoms with Gasteiger partial charge in [-0.3, -0.25) is 9.59 Å². The van der Waals surface area contributed by atoms with Gasteiger partial charge in [0.25, 0.3) is 0 Å². The molecular formula is C11H18N2O3. The normalized spacial score (nSPS) is 26.1. The highest BCUT2D eigenvalue weighted by atomic mass is 16.5. The lowest BCUT2D eigenvalue weighted by Crippen LogP contribution is -2.54. The minimum absolute atomic E-state index is 0.122. The van der Waals surface area contributed by atoms with Crippen molar-refractivity contribution in [3.8, 4) is 0 Å². The van der Waals surface area contributed by atoms with Crippen LogP contribution in [0, 0.1) is 11.8 Å². The summed E-state index contributed by atoms with van der Waals surface area (Å²) in [7, 11) is 1.40. The molecule has 5 heteroatoms. The second-order valence-corrected chi connectivity index (χ2v) is 4.50. The lowest BCUT2D eigenvalue weighted by molar-refractivity contribution is -0.150. The highest BCUT2D eigenvalue weighted by Gasteiger charge is 2.34. The average molecular weight is 226 g/mol. The van der Waals surface area contributed by atoms with Gasteiger partial charge in [0.15, 0.2) is 0 Å². The van der Waals surface area contributed by atoms with E-state index >= 15 is 0 Å². The second kappa shape index (κ2) is 4.82. The Bertz CT molecular complexity index is 289. The Kier molecular flexibility index (Phi) is 3.43. The van der Waals surface area contributed by atoms with Crippen LogP contribution in [0.1, 0.15) is 12.8 Å². The van der Waals surface area contributed by atoms with E-state index in [-0.39, 0.29) is 23.7 Å². The summed E-state index contributed by atoms with van der Waals surface area (Å²) in [5.41, 5.74) is 0. The van der Waals surface area contributed by atoms with Crippen molar-refractivity contribution < 1.29 is 14.3 Å². The van der Waals surface area contributed by atoms with Crippen LogP contribution < -0.4 is 5.32 Å². The van der Waals surface area contributed by atoms with E-state index in [4.69, 9.17) is 4.74 Å². The van der Waals surface area contributed by atoms with Crippen LogP contribution in [0.25, 0.3) is 0 Å². The topological polar surface area (TPSA) is 58.6 Å². The predicted octanol–water partition coefficient (Wildman–Crippen LogP) is -0.383. The van der Waals surface area contributed by atoms with Gasteiger partial charge in [-0.1, -0.05) is 0 Å². The molecular weight excluding hydrogens is 208 g/mol. The fourth-order valence-electron chi connectivity index (χ4n) is 2.26. The molecule has 5 nitrogen and oxygen atoms in total. The molecule has 1 N–H and O–H groups in total. The number of carbonyl (C=O) groups is 2. The van der Waals surface area contributed by atoms with Crippen molar-refractivity contribution in [1.29, 1.82) is 0 Å². The maximum absolute atomic E-state index is 12.0. The summed E-state index contributed by atoms with van der Waals surface area (Å²) in [5, 5.41) is 3.09. The van der Waals surface area contributed by atoms with Crippen LogP contribution in [-0.4, -0.2) is 50.1 Å². The number of carbonyl (C=O) groups excluding carboxylic acids is 2. The van der Waals surface area contributed by atoms with E-state index in [9.17, 15) is 9.59 Å². The molecule has 0 spiro atoms. The first kappa shape index (κ1) is 11.4. The van der Waals surface area contributed by atoms with E-state index in [2.05, 4.69) is 5.32 Å². The number of ether oxygens (including phenoxy) is 1. The summed E-state index contributed by atoms with van der Waals surface area (Å²) < 4.78 is 4.73. The molecule has 2 aliphatic rings. The molecule has 0 aromatic carbocycles. The molecule has 2 fully saturated rings. The smallest absolute Gasteiger partial charge is 0.310 e. The Morgan fingerprint density at radius 1 is 1.31 bits per heavy atom. The molecule has 0 bridgehead atoms. The number of esters is 1. The highest BCUT2D eigenvalue weighted by Crippen LogP contribution is 2.20. The Morgan fingerprint density at radius 2 is 2.06 bits per heavy atom. The van der Waals surface area contributed by atoms with Crippen molar-refractivity contribution in [2.45, 2.75) is 12.8 Å². The SMILES string of the molecule is COC(=O)C1CCCN(C(=O)C2CNC2)C1. The van der Waals surface area contributed by atoms with Gasteiger partial charge in [-0.15, -0.1) is 0 Å². The quantitative estimate of drug-likeness (QED) is 0.652. The zero-order valence-corrected chi connectivity index (χ0v) is 9.57. The maximum atomic E-state index is 12.0. The fraction of sp³-hybridized carbons (Fsp3) is 0.818. The largest absolute Gasteiger partial charge is 0.469 e. The van der Waals surface area contributed by atoms with E-state index in [0.717, 1.165) is 32.5 Å². The summed E-state index contributed by atoms with van der Waals surface area (Å²) in [6.07, 6.45) is 1.73. The number of nitrogens with one attached hydrogen (secondary N) is 1. The van der Waals surface area contributed by atoms with Crippen molar-refractivity contribution in [3.63, 3.8) is 0 Å². The fourth-order valence-corrected chi connectivity index (χ4v) is 2.26. The van der Waals surface area contributed by atoms with E-state index in [1.165, 1.54) is 7.11 Å². The van der Waals surface area contributed by atoms with Crippen LogP contribution in [0.2, 0.25) is 0 Å².